The van der Waals surface area contributed by atoms with Gasteiger partial charge >= 0.3 is 0 Å². The molecule has 0 aliphatic rings. The minimum atomic E-state index is 0.712. The number of hydrogen-bond acceptors (Lipinski definition) is 3. The van der Waals surface area contributed by atoms with Gasteiger partial charge in [0.15, 0.2) is 0 Å². The molecule has 0 saturated heterocycles. The molecular formula is C11H22N4. The molecule has 1 aromatic rings. The highest BCUT2D eigenvalue weighted by molar-refractivity contribution is 5.28. The van der Waals surface area contributed by atoms with Gasteiger partial charge in [-0.05, 0) is 12.5 Å². The molecule has 4 nitrogen and oxygen atoms in total. The Kier molecular flexibility index (Phi) is 4.62. The third-order valence-electron chi connectivity index (χ3n) is 2.31. The fraction of sp³-hybridized carbons (Fsp3) is 0.727. The lowest BCUT2D eigenvalue weighted by atomic mass is 10.2. The van der Waals surface area contributed by atoms with E-state index in [2.05, 4.69) is 36.1 Å². The van der Waals surface area contributed by atoms with Gasteiger partial charge in [-0.1, -0.05) is 13.8 Å². The Labute approximate surface area is 92.3 Å². The molecule has 0 aliphatic carbocycles. The number of imidazole rings is 1. The fourth-order valence-corrected chi connectivity index (χ4v) is 1.46. The Morgan fingerprint density at radius 1 is 1.53 bits per heavy atom. The van der Waals surface area contributed by atoms with E-state index in [1.54, 1.807) is 0 Å². The summed E-state index contributed by atoms with van der Waals surface area (Å²) in [6.07, 6.45) is 3.79. The third-order valence-corrected chi connectivity index (χ3v) is 2.31. The van der Waals surface area contributed by atoms with E-state index >= 15 is 0 Å². The van der Waals surface area contributed by atoms with Gasteiger partial charge in [-0.15, -0.1) is 0 Å². The number of nitrogens with one attached hydrogen (secondary N) is 1. The lowest BCUT2D eigenvalue weighted by molar-refractivity contribution is 0.552. The number of hydrogen-bond donors (Lipinski definition) is 1. The van der Waals surface area contributed by atoms with Crippen LogP contribution in [0.2, 0.25) is 0 Å². The standard InChI is InChI=1S/C11H22N4/c1-10(2)9-12-5-7-14(3)11-13-6-8-15(11)4/h6,8,10,12H,5,7,9H2,1-4H3. The zero-order chi connectivity index (χ0) is 11.3. The van der Waals surface area contributed by atoms with Crippen molar-refractivity contribution >= 4 is 5.95 Å². The Bertz CT molecular complexity index is 280. The number of nitrogens with zero attached hydrogens (tertiary/aromatic N) is 3. The van der Waals surface area contributed by atoms with Crippen LogP contribution in [-0.2, 0) is 7.05 Å². The van der Waals surface area contributed by atoms with E-state index in [0.717, 1.165) is 25.6 Å². The van der Waals surface area contributed by atoms with E-state index < -0.39 is 0 Å². The summed E-state index contributed by atoms with van der Waals surface area (Å²) in [6.45, 7) is 7.50. The van der Waals surface area contributed by atoms with E-state index in [9.17, 15) is 0 Å². The van der Waals surface area contributed by atoms with Crippen LogP contribution in [0.1, 0.15) is 13.8 Å². The summed E-state index contributed by atoms with van der Waals surface area (Å²) in [7, 11) is 4.08. The number of rotatable bonds is 6. The zero-order valence-corrected chi connectivity index (χ0v) is 10.2. The van der Waals surface area contributed by atoms with Crippen molar-refractivity contribution in [1.29, 1.82) is 0 Å². The highest BCUT2D eigenvalue weighted by Gasteiger charge is 2.04. The van der Waals surface area contributed by atoms with Crippen molar-refractivity contribution in [3.8, 4) is 0 Å². The lowest BCUT2D eigenvalue weighted by Gasteiger charge is -2.18. The predicted molar refractivity (Wildman–Crippen MR) is 64.2 cm³/mol. The molecule has 1 rings (SSSR count). The second-order valence-electron chi connectivity index (χ2n) is 4.36. The molecular weight excluding hydrogens is 188 g/mol. The van der Waals surface area contributed by atoms with Crippen LogP contribution in [0.15, 0.2) is 12.4 Å². The average molecular weight is 210 g/mol. The number of anilines is 1. The van der Waals surface area contributed by atoms with Gasteiger partial charge in [0.25, 0.3) is 0 Å². The van der Waals surface area contributed by atoms with Crippen molar-refractivity contribution in [2.75, 3.05) is 31.6 Å². The summed E-state index contributed by atoms with van der Waals surface area (Å²) in [6, 6.07) is 0. The van der Waals surface area contributed by atoms with Crippen molar-refractivity contribution in [3.05, 3.63) is 12.4 Å². The van der Waals surface area contributed by atoms with Crippen LogP contribution < -0.4 is 10.2 Å². The summed E-state index contributed by atoms with van der Waals surface area (Å²) >= 11 is 0. The molecule has 0 atom stereocenters. The SMILES string of the molecule is CC(C)CNCCN(C)c1nccn1C. The highest BCUT2D eigenvalue weighted by atomic mass is 15.3. The first-order chi connectivity index (χ1) is 7.11. The predicted octanol–water partition coefficient (Wildman–Crippen LogP) is 1.10. The van der Waals surface area contributed by atoms with Gasteiger partial charge in [0.2, 0.25) is 5.95 Å². The first kappa shape index (κ1) is 12.0. The van der Waals surface area contributed by atoms with Crippen molar-refractivity contribution in [1.82, 2.24) is 14.9 Å². The van der Waals surface area contributed by atoms with Crippen molar-refractivity contribution < 1.29 is 0 Å². The maximum atomic E-state index is 4.29. The van der Waals surface area contributed by atoms with Crippen LogP contribution in [0, 0.1) is 5.92 Å². The largest absolute Gasteiger partial charge is 0.344 e. The summed E-state index contributed by atoms with van der Waals surface area (Å²) in [5.74, 6) is 1.73. The van der Waals surface area contributed by atoms with Gasteiger partial charge in [0.05, 0.1) is 0 Å². The minimum absolute atomic E-state index is 0.712. The summed E-state index contributed by atoms with van der Waals surface area (Å²) in [5, 5.41) is 3.42. The Hall–Kier alpha value is -1.03. The van der Waals surface area contributed by atoms with Gasteiger partial charge in [0, 0.05) is 39.6 Å². The molecule has 86 valence electrons. The molecule has 1 aromatic heterocycles. The quantitative estimate of drug-likeness (QED) is 0.714. The smallest absolute Gasteiger partial charge is 0.204 e. The van der Waals surface area contributed by atoms with Crippen LogP contribution >= 0.6 is 0 Å². The molecule has 0 aromatic carbocycles. The van der Waals surface area contributed by atoms with Gasteiger partial charge in [-0.2, -0.15) is 0 Å². The van der Waals surface area contributed by atoms with Crippen LogP contribution in [0.3, 0.4) is 0 Å². The van der Waals surface area contributed by atoms with Crippen LogP contribution in [0.5, 0.6) is 0 Å². The van der Waals surface area contributed by atoms with Gasteiger partial charge in [-0.3, -0.25) is 0 Å². The molecule has 1 heterocycles. The van der Waals surface area contributed by atoms with E-state index in [0.29, 0.717) is 5.92 Å². The fourth-order valence-electron chi connectivity index (χ4n) is 1.46. The van der Waals surface area contributed by atoms with Crippen molar-refractivity contribution in [2.24, 2.45) is 13.0 Å². The van der Waals surface area contributed by atoms with Crippen LogP contribution in [0.4, 0.5) is 5.95 Å². The maximum absolute atomic E-state index is 4.29. The summed E-state index contributed by atoms with van der Waals surface area (Å²) in [5.41, 5.74) is 0. The van der Waals surface area contributed by atoms with Crippen molar-refractivity contribution in [3.63, 3.8) is 0 Å². The topological polar surface area (TPSA) is 33.1 Å². The number of aryl methyl sites for hydroxylation is 1. The number of likely N-dealkylation sites (N-methyl/N-ethyl adjacent to an activating group) is 1. The van der Waals surface area contributed by atoms with Gasteiger partial charge in [0.1, 0.15) is 0 Å². The molecule has 0 bridgehead atoms. The third kappa shape index (κ3) is 3.91. The normalized spacial score (nSPS) is 11.0. The molecule has 0 amide bonds. The maximum Gasteiger partial charge on any atom is 0.204 e. The van der Waals surface area contributed by atoms with Crippen molar-refractivity contribution in [2.45, 2.75) is 13.8 Å². The molecule has 4 heteroatoms. The van der Waals surface area contributed by atoms with Gasteiger partial charge < -0.3 is 14.8 Å². The second kappa shape index (κ2) is 5.75. The van der Waals surface area contributed by atoms with E-state index in [4.69, 9.17) is 0 Å². The molecule has 0 aliphatic heterocycles. The van der Waals surface area contributed by atoms with Crippen LogP contribution in [-0.4, -0.2) is 36.2 Å². The van der Waals surface area contributed by atoms with E-state index in [1.807, 2.05) is 24.0 Å². The Morgan fingerprint density at radius 2 is 2.27 bits per heavy atom. The average Bonchev–Trinajstić information content (AvgIpc) is 2.58. The Morgan fingerprint density at radius 3 is 2.80 bits per heavy atom. The molecule has 0 unspecified atom stereocenters. The molecule has 0 saturated carbocycles. The van der Waals surface area contributed by atoms with Crippen LogP contribution in [0.25, 0.3) is 0 Å². The van der Waals surface area contributed by atoms with Gasteiger partial charge in [-0.25, -0.2) is 4.98 Å². The van der Waals surface area contributed by atoms with E-state index in [1.165, 1.54) is 0 Å². The highest BCUT2D eigenvalue weighted by Crippen LogP contribution is 2.05. The lowest BCUT2D eigenvalue weighted by Crippen LogP contribution is -2.32. The number of aromatic nitrogens is 2. The molecule has 1 N–H and O–H groups in total. The second-order valence-corrected chi connectivity index (χ2v) is 4.36. The Balaban J connectivity index is 2.25. The first-order valence-electron chi connectivity index (χ1n) is 5.50. The summed E-state index contributed by atoms with van der Waals surface area (Å²) in [4.78, 5) is 6.45. The molecule has 0 radical (unpaired) electrons. The summed E-state index contributed by atoms with van der Waals surface area (Å²) < 4.78 is 2.03. The minimum Gasteiger partial charge on any atom is -0.344 e. The monoisotopic (exact) mass is 210 g/mol. The van der Waals surface area contributed by atoms with E-state index in [-0.39, 0.29) is 0 Å². The first-order valence-corrected chi connectivity index (χ1v) is 5.50. The molecule has 15 heavy (non-hydrogen) atoms. The zero-order valence-electron chi connectivity index (χ0n) is 10.2. The molecule has 0 fully saturated rings. The molecule has 0 spiro atoms.